The monoisotopic (exact) mass is 272 g/mol. The van der Waals surface area contributed by atoms with Gasteiger partial charge in [0.25, 0.3) is 0 Å². The summed E-state index contributed by atoms with van der Waals surface area (Å²) >= 11 is 1.42. The summed E-state index contributed by atoms with van der Waals surface area (Å²) in [6.45, 7) is 3.83. The average Bonchev–Trinajstić information content (AvgIpc) is 2.83. The number of methoxy groups -OCH3 is 1. The van der Waals surface area contributed by atoms with Crippen molar-refractivity contribution in [1.82, 2.24) is 4.98 Å². The van der Waals surface area contributed by atoms with Crippen LogP contribution >= 0.6 is 11.3 Å². The Hall–Kier alpha value is -1.14. The second-order valence-corrected chi connectivity index (χ2v) is 4.60. The minimum absolute atomic E-state index is 0.359. The summed E-state index contributed by atoms with van der Waals surface area (Å²) in [5, 5.41) is 5.68. The van der Waals surface area contributed by atoms with Crippen molar-refractivity contribution in [2.45, 2.75) is 26.2 Å². The number of hydrogen-bond donors (Lipinski definition) is 1. The molecule has 0 saturated heterocycles. The van der Waals surface area contributed by atoms with E-state index in [0.29, 0.717) is 12.3 Å². The number of carbonyl (C=O) groups is 1. The van der Waals surface area contributed by atoms with E-state index in [0.717, 1.165) is 37.5 Å². The van der Waals surface area contributed by atoms with Crippen molar-refractivity contribution >= 4 is 22.4 Å². The molecule has 0 aliphatic rings. The molecule has 1 rings (SSSR count). The third-order valence-corrected chi connectivity index (χ3v) is 3.09. The summed E-state index contributed by atoms with van der Waals surface area (Å²) in [6, 6.07) is 0. The summed E-state index contributed by atoms with van der Waals surface area (Å²) in [7, 11) is 1.71. The van der Waals surface area contributed by atoms with Crippen LogP contribution in [0.2, 0.25) is 0 Å². The second-order valence-electron chi connectivity index (χ2n) is 3.74. The van der Waals surface area contributed by atoms with Crippen LogP contribution in [0.3, 0.4) is 0 Å². The number of aromatic nitrogens is 1. The number of esters is 1. The molecule has 0 amide bonds. The van der Waals surface area contributed by atoms with Crippen LogP contribution in [-0.4, -0.2) is 37.8 Å². The number of nitrogens with one attached hydrogen (secondary N) is 1. The Bertz CT molecular complexity index is 355. The van der Waals surface area contributed by atoms with Gasteiger partial charge in [-0.2, -0.15) is 0 Å². The Morgan fingerprint density at radius 1 is 1.44 bits per heavy atom. The predicted octanol–water partition coefficient (Wildman–Crippen LogP) is 2.55. The molecule has 0 atom stereocenters. The lowest BCUT2D eigenvalue weighted by molar-refractivity contribution is 0.0520. The fourth-order valence-electron chi connectivity index (χ4n) is 1.40. The van der Waals surface area contributed by atoms with Crippen LogP contribution in [0.15, 0.2) is 5.38 Å². The Balaban J connectivity index is 2.21. The van der Waals surface area contributed by atoms with Gasteiger partial charge in [0.1, 0.15) is 0 Å². The van der Waals surface area contributed by atoms with E-state index in [1.165, 1.54) is 11.3 Å². The summed E-state index contributed by atoms with van der Waals surface area (Å²) < 4.78 is 9.85. The maximum atomic E-state index is 11.4. The third kappa shape index (κ3) is 5.46. The topological polar surface area (TPSA) is 60.5 Å². The van der Waals surface area contributed by atoms with Crippen LogP contribution in [0.4, 0.5) is 5.13 Å². The van der Waals surface area contributed by atoms with E-state index in [1.807, 2.05) is 0 Å². The molecule has 0 radical (unpaired) electrons. The summed E-state index contributed by atoms with van der Waals surface area (Å²) in [5.41, 5.74) is 0.378. The molecule has 1 aromatic heterocycles. The Labute approximate surface area is 112 Å². The van der Waals surface area contributed by atoms with E-state index in [4.69, 9.17) is 9.47 Å². The highest BCUT2D eigenvalue weighted by atomic mass is 32.1. The molecule has 0 aliphatic carbocycles. The van der Waals surface area contributed by atoms with Crippen LogP contribution in [0.5, 0.6) is 0 Å². The zero-order chi connectivity index (χ0) is 13.2. The van der Waals surface area contributed by atoms with Gasteiger partial charge >= 0.3 is 5.97 Å². The first kappa shape index (κ1) is 14.9. The van der Waals surface area contributed by atoms with Crippen molar-refractivity contribution in [2.24, 2.45) is 0 Å². The van der Waals surface area contributed by atoms with Gasteiger partial charge in [-0.1, -0.05) is 0 Å². The number of carbonyl (C=O) groups excluding carboxylic acids is 1. The van der Waals surface area contributed by atoms with Gasteiger partial charge in [-0.15, -0.1) is 11.3 Å². The molecule has 1 aromatic rings. The van der Waals surface area contributed by atoms with Crippen LogP contribution < -0.4 is 5.32 Å². The van der Waals surface area contributed by atoms with Crippen molar-refractivity contribution in [1.29, 1.82) is 0 Å². The highest BCUT2D eigenvalue weighted by Gasteiger charge is 2.10. The number of hydrogen-bond acceptors (Lipinski definition) is 6. The number of anilines is 1. The molecule has 0 saturated carbocycles. The molecular formula is C12H20N2O3S. The normalized spacial score (nSPS) is 10.3. The Morgan fingerprint density at radius 3 is 3.00 bits per heavy atom. The lowest BCUT2D eigenvalue weighted by Gasteiger charge is -2.02. The van der Waals surface area contributed by atoms with Gasteiger partial charge in [-0.25, -0.2) is 9.78 Å². The highest BCUT2D eigenvalue weighted by Crippen LogP contribution is 2.16. The van der Waals surface area contributed by atoms with Gasteiger partial charge < -0.3 is 14.8 Å². The molecule has 5 nitrogen and oxygen atoms in total. The van der Waals surface area contributed by atoms with E-state index < -0.39 is 0 Å². The molecule has 6 heteroatoms. The van der Waals surface area contributed by atoms with Crippen molar-refractivity contribution in [2.75, 3.05) is 32.2 Å². The van der Waals surface area contributed by atoms with Crippen LogP contribution in [-0.2, 0) is 9.47 Å². The molecule has 102 valence electrons. The van der Waals surface area contributed by atoms with E-state index in [-0.39, 0.29) is 5.97 Å². The first-order chi connectivity index (χ1) is 8.77. The van der Waals surface area contributed by atoms with Gasteiger partial charge in [0, 0.05) is 25.6 Å². The van der Waals surface area contributed by atoms with Gasteiger partial charge in [0.2, 0.25) is 0 Å². The molecule has 0 spiro atoms. The van der Waals surface area contributed by atoms with E-state index in [9.17, 15) is 4.79 Å². The van der Waals surface area contributed by atoms with E-state index in [1.54, 1.807) is 19.4 Å². The number of nitrogens with zero attached hydrogens (tertiary/aromatic N) is 1. The molecule has 0 aromatic carbocycles. The number of ether oxygens (including phenoxy) is 2. The zero-order valence-electron chi connectivity index (χ0n) is 10.9. The van der Waals surface area contributed by atoms with Crippen molar-refractivity contribution in [3.63, 3.8) is 0 Å². The number of thiazole rings is 1. The maximum Gasteiger partial charge on any atom is 0.357 e. The molecular weight excluding hydrogens is 252 g/mol. The van der Waals surface area contributed by atoms with Crippen molar-refractivity contribution in [3.8, 4) is 0 Å². The van der Waals surface area contributed by atoms with Gasteiger partial charge in [-0.3, -0.25) is 0 Å². The first-order valence-electron chi connectivity index (χ1n) is 6.13. The SMILES string of the molecule is CCOC(=O)c1csc(NCCCCCOC)n1. The summed E-state index contributed by atoms with van der Waals surface area (Å²) in [5.74, 6) is -0.359. The minimum Gasteiger partial charge on any atom is -0.461 e. The molecule has 0 unspecified atom stereocenters. The summed E-state index contributed by atoms with van der Waals surface area (Å²) in [4.78, 5) is 15.6. The Kier molecular flexibility index (Phi) is 7.36. The fraction of sp³-hybridized carbons (Fsp3) is 0.667. The van der Waals surface area contributed by atoms with Crippen molar-refractivity contribution in [3.05, 3.63) is 11.1 Å². The number of rotatable bonds is 9. The van der Waals surface area contributed by atoms with Crippen molar-refractivity contribution < 1.29 is 14.3 Å². The van der Waals surface area contributed by atoms with Crippen LogP contribution in [0.1, 0.15) is 36.7 Å². The lowest BCUT2D eigenvalue weighted by Crippen LogP contribution is -2.06. The fourth-order valence-corrected chi connectivity index (χ4v) is 2.11. The van der Waals surface area contributed by atoms with Gasteiger partial charge in [0.05, 0.1) is 6.61 Å². The summed E-state index contributed by atoms with van der Waals surface area (Å²) in [6.07, 6.45) is 3.26. The highest BCUT2D eigenvalue weighted by molar-refractivity contribution is 7.13. The smallest absolute Gasteiger partial charge is 0.357 e. The predicted molar refractivity (Wildman–Crippen MR) is 72.3 cm³/mol. The van der Waals surface area contributed by atoms with E-state index in [2.05, 4.69) is 10.3 Å². The quantitative estimate of drug-likeness (QED) is 0.553. The molecule has 0 aliphatic heterocycles. The lowest BCUT2D eigenvalue weighted by atomic mass is 10.2. The molecule has 1 heterocycles. The largest absolute Gasteiger partial charge is 0.461 e. The Morgan fingerprint density at radius 2 is 2.28 bits per heavy atom. The van der Waals surface area contributed by atoms with Gasteiger partial charge in [0.15, 0.2) is 10.8 Å². The molecule has 0 bridgehead atoms. The van der Waals surface area contributed by atoms with Crippen LogP contribution in [0, 0.1) is 0 Å². The molecule has 18 heavy (non-hydrogen) atoms. The van der Waals surface area contributed by atoms with Gasteiger partial charge in [-0.05, 0) is 26.2 Å². The number of unbranched alkanes of at least 4 members (excludes halogenated alkanes) is 2. The van der Waals surface area contributed by atoms with Crippen LogP contribution in [0.25, 0.3) is 0 Å². The zero-order valence-corrected chi connectivity index (χ0v) is 11.7. The van der Waals surface area contributed by atoms with E-state index >= 15 is 0 Å². The average molecular weight is 272 g/mol. The maximum absolute atomic E-state index is 11.4. The standard InChI is InChI=1S/C12H20N2O3S/c1-3-17-11(15)10-9-18-12(14-10)13-7-5-4-6-8-16-2/h9H,3-8H2,1-2H3,(H,13,14). The third-order valence-electron chi connectivity index (χ3n) is 2.29. The molecule has 1 N–H and O–H groups in total. The first-order valence-corrected chi connectivity index (χ1v) is 7.01. The second kappa shape index (κ2) is 8.88. The molecule has 0 fully saturated rings. The minimum atomic E-state index is -0.359.